The summed E-state index contributed by atoms with van der Waals surface area (Å²) in [5.41, 5.74) is 1.37. The number of likely N-dealkylation sites (tertiary alicyclic amines) is 1. The fourth-order valence-corrected chi connectivity index (χ4v) is 4.96. The highest BCUT2D eigenvalue weighted by Gasteiger charge is 2.32. The summed E-state index contributed by atoms with van der Waals surface area (Å²) in [5.74, 6) is 0.677. The van der Waals surface area contributed by atoms with Crippen molar-refractivity contribution < 1.29 is 28.8 Å². The highest BCUT2D eigenvalue weighted by Crippen LogP contribution is 2.40. The van der Waals surface area contributed by atoms with Gasteiger partial charge < -0.3 is 29.9 Å². The number of aromatic hydroxyl groups is 1. The Morgan fingerprint density at radius 3 is 2.45 bits per heavy atom. The Labute approximate surface area is 235 Å². The predicted octanol–water partition coefficient (Wildman–Crippen LogP) is 4.49. The van der Waals surface area contributed by atoms with Crippen LogP contribution in [0, 0.1) is 5.92 Å². The molecule has 10 nitrogen and oxygen atoms in total. The highest BCUT2D eigenvalue weighted by molar-refractivity contribution is 5.92. The molecule has 2 fully saturated rings. The molecule has 1 aromatic carbocycles. The first-order valence-corrected chi connectivity index (χ1v) is 14.2. The van der Waals surface area contributed by atoms with Crippen molar-refractivity contribution in [1.82, 2.24) is 20.7 Å². The molecule has 3 amide bonds. The fourth-order valence-electron chi connectivity index (χ4n) is 4.96. The van der Waals surface area contributed by atoms with Crippen molar-refractivity contribution in [2.45, 2.75) is 90.2 Å². The van der Waals surface area contributed by atoms with Gasteiger partial charge >= 0.3 is 6.09 Å². The van der Waals surface area contributed by atoms with Crippen molar-refractivity contribution >= 4 is 17.9 Å². The maximum absolute atomic E-state index is 13.7. The summed E-state index contributed by atoms with van der Waals surface area (Å²) in [6.45, 7) is 10.5. The summed E-state index contributed by atoms with van der Waals surface area (Å²) >= 11 is 0. The molecule has 1 saturated carbocycles. The van der Waals surface area contributed by atoms with Crippen LogP contribution in [0.15, 0.2) is 28.8 Å². The molecule has 1 aliphatic carbocycles. The summed E-state index contributed by atoms with van der Waals surface area (Å²) in [4.78, 5) is 40.5. The molecular formula is C30H42N4O6. The van der Waals surface area contributed by atoms with Crippen molar-refractivity contribution in [3.8, 4) is 5.75 Å². The molecule has 0 radical (unpaired) electrons. The molecule has 0 unspecified atom stereocenters. The molecule has 2 aliphatic rings. The van der Waals surface area contributed by atoms with Gasteiger partial charge in [0, 0.05) is 37.7 Å². The second-order valence-corrected chi connectivity index (χ2v) is 12.3. The average molecular weight is 555 g/mol. The zero-order chi connectivity index (χ0) is 29.0. The second-order valence-electron chi connectivity index (χ2n) is 12.3. The molecule has 0 bridgehead atoms. The lowest BCUT2D eigenvalue weighted by Gasteiger charge is -2.34. The van der Waals surface area contributed by atoms with Crippen molar-refractivity contribution in [2.75, 3.05) is 19.6 Å². The Kier molecular flexibility index (Phi) is 9.05. The van der Waals surface area contributed by atoms with E-state index in [1.165, 1.54) is 0 Å². The van der Waals surface area contributed by atoms with Crippen LogP contribution in [0.5, 0.6) is 5.75 Å². The maximum atomic E-state index is 13.7. The minimum absolute atomic E-state index is 0.0643. The number of phenols is 1. The summed E-state index contributed by atoms with van der Waals surface area (Å²) in [5, 5.41) is 19.9. The van der Waals surface area contributed by atoms with Crippen LogP contribution in [0.3, 0.4) is 0 Å². The zero-order valence-electron chi connectivity index (χ0n) is 24.2. The van der Waals surface area contributed by atoms with Crippen LogP contribution in [0.4, 0.5) is 4.79 Å². The molecule has 4 rings (SSSR count). The van der Waals surface area contributed by atoms with E-state index in [1.807, 2.05) is 26.0 Å². The van der Waals surface area contributed by atoms with Crippen LogP contribution in [0.25, 0.3) is 0 Å². The number of benzene rings is 1. The molecule has 0 spiro atoms. The van der Waals surface area contributed by atoms with Crippen molar-refractivity contribution in [3.05, 3.63) is 46.8 Å². The first-order chi connectivity index (χ1) is 18.9. The SMILES string of the molecule is CC(C)c1cc(C[C@H](CNC(=O)OC(C)(C)C)C(=O)N2CCC(NC(=O)c3cc(C4CC4)on3)CC2)ccc1O. The number of rotatable bonds is 9. The van der Waals surface area contributed by atoms with Crippen molar-refractivity contribution in [3.63, 3.8) is 0 Å². The van der Waals surface area contributed by atoms with E-state index >= 15 is 0 Å². The van der Waals surface area contributed by atoms with E-state index in [2.05, 4.69) is 15.8 Å². The number of hydrogen-bond acceptors (Lipinski definition) is 7. The Morgan fingerprint density at radius 2 is 1.82 bits per heavy atom. The van der Waals surface area contributed by atoms with Crippen LogP contribution in [-0.4, -0.2) is 64.3 Å². The Balaban J connectivity index is 1.37. The Morgan fingerprint density at radius 1 is 1.12 bits per heavy atom. The van der Waals surface area contributed by atoms with E-state index in [-0.39, 0.29) is 36.1 Å². The van der Waals surface area contributed by atoms with Crippen molar-refractivity contribution in [2.24, 2.45) is 5.92 Å². The monoisotopic (exact) mass is 554 g/mol. The Bertz CT molecular complexity index is 1210. The smallest absolute Gasteiger partial charge is 0.407 e. The molecule has 40 heavy (non-hydrogen) atoms. The molecule has 218 valence electrons. The number of nitrogens with one attached hydrogen (secondary N) is 2. The molecule has 1 saturated heterocycles. The number of piperidine rings is 1. The van der Waals surface area contributed by atoms with Gasteiger partial charge in [-0.05, 0) is 76.0 Å². The van der Waals surface area contributed by atoms with Crippen LogP contribution in [0.1, 0.15) is 99.5 Å². The molecule has 10 heteroatoms. The van der Waals surface area contributed by atoms with Gasteiger partial charge in [-0.3, -0.25) is 9.59 Å². The molecule has 2 heterocycles. The van der Waals surface area contributed by atoms with Gasteiger partial charge in [0.1, 0.15) is 17.1 Å². The number of amides is 3. The lowest BCUT2D eigenvalue weighted by atomic mass is 9.92. The molecule has 1 aliphatic heterocycles. The average Bonchev–Trinajstić information content (AvgIpc) is 3.62. The number of nitrogens with zero attached hydrogens (tertiary/aromatic N) is 2. The van der Waals surface area contributed by atoms with Crippen LogP contribution in [0.2, 0.25) is 0 Å². The number of carbonyl (C=O) groups excluding carboxylic acids is 3. The normalized spacial score (nSPS) is 17.0. The largest absolute Gasteiger partial charge is 0.508 e. The van der Waals surface area contributed by atoms with Gasteiger partial charge in [-0.1, -0.05) is 31.1 Å². The topological polar surface area (TPSA) is 134 Å². The number of hydrogen-bond donors (Lipinski definition) is 3. The van der Waals surface area contributed by atoms with Gasteiger partial charge in [-0.25, -0.2) is 4.79 Å². The van der Waals surface area contributed by atoms with Gasteiger partial charge in [0.2, 0.25) is 5.91 Å². The van der Waals surface area contributed by atoms with E-state index in [9.17, 15) is 19.5 Å². The number of aromatic nitrogens is 1. The third-order valence-corrected chi connectivity index (χ3v) is 7.32. The minimum Gasteiger partial charge on any atom is -0.508 e. The zero-order valence-corrected chi connectivity index (χ0v) is 24.2. The number of carbonyl (C=O) groups is 3. The summed E-state index contributed by atoms with van der Waals surface area (Å²) in [7, 11) is 0. The van der Waals surface area contributed by atoms with E-state index in [0.29, 0.717) is 44.0 Å². The molecular weight excluding hydrogens is 512 g/mol. The highest BCUT2D eigenvalue weighted by atomic mass is 16.6. The predicted molar refractivity (Wildman–Crippen MR) is 149 cm³/mol. The van der Waals surface area contributed by atoms with Crippen LogP contribution in [-0.2, 0) is 16.0 Å². The van der Waals surface area contributed by atoms with Gasteiger partial charge in [0.25, 0.3) is 5.91 Å². The molecule has 1 aromatic heterocycles. The fraction of sp³-hybridized carbons (Fsp3) is 0.600. The molecule has 2 aromatic rings. The standard InChI is InChI=1S/C30H42N4O6/c1-18(2)23-15-19(6-9-25(23)35)14-21(17-31-29(38)39-30(3,4)5)28(37)34-12-10-22(11-13-34)32-27(36)24-16-26(40-33-24)20-7-8-20/h6,9,15-16,18,20-22,35H,7-8,10-14,17H2,1-5H3,(H,31,38)(H,32,36)/t21-/m1/s1. The third-order valence-electron chi connectivity index (χ3n) is 7.32. The number of alkyl carbamates (subject to hydrolysis) is 1. The lowest BCUT2D eigenvalue weighted by Crippen LogP contribution is -2.50. The van der Waals surface area contributed by atoms with Gasteiger partial charge in [0.15, 0.2) is 5.69 Å². The number of ether oxygens (including phenoxy) is 1. The van der Waals surface area contributed by atoms with E-state index < -0.39 is 17.6 Å². The van der Waals surface area contributed by atoms with Crippen LogP contribution < -0.4 is 10.6 Å². The van der Waals surface area contributed by atoms with Gasteiger partial charge in [-0.15, -0.1) is 0 Å². The summed E-state index contributed by atoms with van der Waals surface area (Å²) in [6, 6.07) is 7.05. The second kappa shape index (κ2) is 12.3. The van der Waals surface area contributed by atoms with E-state index in [0.717, 1.165) is 29.7 Å². The third kappa shape index (κ3) is 7.99. The number of phenolic OH excluding ortho intramolecular Hbond substituents is 1. The Hall–Kier alpha value is -3.56. The van der Waals surface area contributed by atoms with E-state index in [1.54, 1.807) is 37.8 Å². The molecule has 1 atom stereocenters. The maximum Gasteiger partial charge on any atom is 0.407 e. The minimum atomic E-state index is -0.648. The summed E-state index contributed by atoms with van der Waals surface area (Å²) in [6.07, 6.45) is 3.21. The first-order valence-electron chi connectivity index (χ1n) is 14.2. The van der Waals surface area contributed by atoms with E-state index in [4.69, 9.17) is 9.26 Å². The van der Waals surface area contributed by atoms with Crippen LogP contribution >= 0.6 is 0 Å². The first kappa shape index (κ1) is 29.4. The summed E-state index contributed by atoms with van der Waals surface area (Å²) < 4.78 is 10.7. The van der Waals surface area contributed by atoms with Gasteiger partial charge in [-0.2, -0.15) is 0 Å². The lowest BCUT2D eigenvalue weighted by molar-refractivity contribution is -0.136. The quantitative estimate of drug-likeness (QED) is 0.416. The van der Waals surface area contributed by atoms with Gasteiger partial charge in [0.05, 0.1) is 5.92 Å². The molecule has 3 N–H and O–H groups in total. The van der Waals surface area contributed by atoms with Crippen molar-refractivity contribution in [1.29, 1.82) is 0 Å².